The van der Waals surface area contributed by atoms with E-state index in [0.717, 1.165) is 55.1 Å². The van der Waals surface area contributed by atoms with Crippen molar-refractivity contribution in [2.45, 2.75) is 39.3 Å². The summed E-state index contributed by atoms with van der Waals surface area (Å²) in [5, 5.41) is 0. The van der Waals surface area contributed by atoms with Crippen LogP contribution in [-0.2, 0) is 25.9 Å². The molecule has 1 aliphatic rings. The van der Waals surface area contributed by atoms with Crippen LogP contribution in [0.5, 0.6) is 0 Å². The Morgan fingerprint density at radius 3 is 3.05 bits per heavy atom. The Balaban J connectivity index is 1.78. The van der Waals surface area contributed by atoms with Crippen molar-refractivity contribution in [2.24, 2.45) is 0 Å². The van der Waals surface area contributed by atoms with E-state index in [9.17, 15) is 4.79 Å². The van der Waals surface area contributed by atoms with Crippen LogP contribution in [0.25, 0.3) is 0 Å². The lowest BCUT2D eigenvalue weighted by Gasteiger charge is -2.27. The molecule has 0 radical (unpaired) electrons. The predicted octanol–water partition coefficient (Wildman–Crippen LogP) is 1.68. The van der Waals surface area contributed by atoms with Gasteiger partial charge in [0, 0.05) is 38.7 Å². The maximum Gasteiger partial charge on any atom is 0.255 e. The van der Waals surface area contributed by atoms with E-state index in [1.54, 1.807) is 6.20 Å². The van der Waals surface area contributed by atoms with Gasteiger partial charge in [-0.3, -0.25) is 14.7 Å². The third kappa shape index (κ3) is 3.19. The second kappa shape index (κ2) is 6.18. The Hall–Kier alpha value is -2.01. The minimum Gasteiger partial charge on any atom is -0.310 e. The molecule has 0 spiro atoms. The van der Waals surface area contributed by atoms with Crippen molar-refractivity contribution in [2.75, 3.05) is 6.54 Å². The fourth-order valence-electron chi connectivity index (χ4n) is 2.74. The van der Waals surface area contributed by atoms with Crippen LogP contribution < -0.4 is 5.56 Å². The van der Waals surface area contributed by atoms with Crippen LogP contribution in [0.4, 0.5) is 0 Å². The first-order valence-electron chi connectivity index (χ1n) is 7.49. The van der Waals surface area contributed by atoms with Crippen LogP contribution in [0.2, 0.25) is 0 Å². The van der Waals surface area contributed by atoms with Crippen molar-refractivity contribution < 1.29 is 0 Å². The number of pyridine rings is 1. The summed E-state index contributed by atoms with van der Waals surface area (Å²) in [5.74, 6) is 0.819. The van der Waals surface area contributed by atoms with E-state index in [4.69, 9.17) is 0 Å². The highest BCUT2D eigenvalue weighted by atomic mass is 16.1. The highest BCUT2D eigenvalue weighted by molar-refractivity contribution is 5.21. The molecule has 2 aromatic heterocycles. The maximum atomic E-state index is 12.2. The van der Waals surface area contributed by atoms with Gasteiger partial charge >= 0.3 is 0 Å². The second-order valence-corrected chi connectivity index (χ2v) is 5.47. The molecular weight excluding hydrogens is 264 g/mol. The molecule has 3 heterocycles. The van der Waals surface area contributed by atoms with E-state index in [1.807, 2.05) is 18.2 Å². The third-order valence-corrected chi connectivity index (χ3v) is 3.80. The molecule has 5 heteroatoms. The maximum absolute atomic E-state index is 12.2. The summed E-state index contributed by atoms with van der Waals surface area (Å²) in [4.78, 5) is 26.3. The molecule has 110 valence electrons. The normalized spacial score (nSPS) is 14.9. The van der Waals surface area contributed by atoms with Crippen LogP contribution in [0.3, 0.4) is 0 Å². The van der Waals surface area contributed by atoms with E-state index in [2.05, 4.69) is 26.8 Å². The molecule has 1 aliphatic heterocycles. The number of aromatic amines is 1. The zero-order valence-corrected chi connectivity index (χ0v) is 12.3. The van der Waals surface area contributed by atoms with E-state index in [0.29, 0.717) is 6.54 Å². The summed E-state index contributed by atoms with van der Waals surface area (Å²) in [6.45, 7) is 4.44. The van der Waals surface area contributed by atoms with Gasteiger partial charge in [-0.05, 0) is 18.6 Å². The number of rotatable bonds is 4. The third-order valence-electron chi connectivity index (χ3n) is 3.80. The van der Waals surface area contributed by atoms with Crippen molar-refractivity contribution in [3.8, 4) is 0 Å². The molecule has 0 bridgehead atoms. The van der Waals surface area contributed by atoms with Crippen molar-refractivity contribution in [3.63, 3.8) is 0 Å². The Morgan fingerprint density at radius 1 is 1.38 bits per heavy atom. The lowest BCUT2D eigenvalue weighted by atomic mass is 10.1. The summed E-state index contributed by atoms with van der Waals surface area (Å²) in [6, 6.07) is 5.92. The highest BCUT2D eigenvalue weighted by Gasteiger charge is 2.21. The zero-order valence-electron chi connectivity index (χ0n) is 12.3. The number of nitrogens with zero attached hydrogens (tertiary/aromatic N) is 3. The van der Waals surface area contributed by atoms with Crippen LogP contribution in [0, 0.1) is 0 Å². The monoisotopic (exact) mass is 284 g/mol. The molecule has 0 amide bonds. The number of aromatic nitrogens is 3. The number of hydrogen-bond donors (Lipinski definition) is 1. The molecule has 0 saturated carbocycles. The molecule has 1 N–H and O–H groups in total. The molecule has 0 unspecified atom stereocenters. The molecule has 0 aromatic carbocycles. The average molecular weight is 284 g/mol. The van der Waals surface area contributed by atoms with Crippen molar-refractivity contribution >= 4 is 0 Å². The molecule has 5 nitrogen and oxygen atoms in total. The van der Waals surface area contributed by atoms with Crippen molar-refractivity contribution in [1.29, 1.82) is 0 Å². The zero-order chi connectivity index (χ0) is 14.7. The van der Waals surface area contributed by atoms with Crippen LogP contribution in [0.1, 0.15) is 36.1 Å². The second-order valence-electron chi connectivity index (χ2n) is 5.47. The van der Waals surface area contributed by atoms with Gasteiger partial charge in [-0.2, -0.15) is 0 Å². The Labute approximate surface area is 124 Å². The molecule has 0 atom stereocenters. The van der Waals surface area contributed by atoms with Crippen LogP contribution in [-0.4, -0.2) is 26.4 Å². The number of fused-ring (bicyclic) bond motifs is 1. The van der Waals surface area contributed by atoms with Gasteiger partial charge in [0.05, 0.1) is 17.0 Å². The van der Waals surface area contributed by atoms with Gasteiger partial charge in [-0.15, -0.1) is 0 Å². The van der Waals surface area contributed by atoms with Crippen LogP contribution >= 0.6 is 0 Å². The first-order valence-corrected chi connectivity index (χ1v) is 7.49. The van der Waals surface area contributed by atoms with Crippen molar-refractivity contribution in [3.05, 3.63) is 57.5 Å². The first kappa shape index (κ1) is 13.9. The fourth-order valence-corrected chi connectivity index (χ4v) is 2.74. The van der Waals surface area contributed by atoms with Gasteiger partial charge in [0.1, 0.15) is 5.82 Å². The fraction of sp³-hybridized carbons (Fsp3) is 0.438. The summed E-state index contributed by atoms with van der Waals surface area (Å²) >= 11 is 0. The quantitative estimate of drug-likeness (QED) is 0.928. The number of aryl methyl sites for hydroxylation is 1. The average Bonchev–Trinajstić information content (AvgIpc) is 2.49. The van der Waals surface area contributed by atoms with E-state index in [1.165, 1.54) is 0 Å². The lowest BCUT2D eigenvalue weighted by molar-refractivity contribution is 0.238. The van der Waals surface area contributed by atoms with Gasteiger partial charge in [-0.1, -0.05) is 13.0 Å². The largest absolute Gasteiger partial charge is 0.310 e. The summed E-state index contributed by atoms with van der Waals surface area (Å²) in [6.07, 6.45) is 4.47. The van der Waals surface area contributed by atoms with Gasteiger partial charge in [-0.25, -0.2) is 4.98 Å². The van der Waals surface area contributed by atoms with Gasteiger partial charge in [0.15, 0.2) is 0 Å². The summed E-state index contributed by atoms with van der Waals surface area (Å²) in [5.41, 5.74) is 2.85. The topological polar surface area (TPSA) is 61.9 Å². The molecule has 2 aromatic rings. The lowest BCUT2D eigenvalue weighted by Crippen LogP contribution is -2.36. The first-order chi connectivity index (χ1) is 10.3. The highest BCUT2D eigenvalue weighted by Crippen LogP contribution is 2.15. The SMILES string of the molecule is CCCc1nc2c(c(=O)[nH]1)CN(Cc1ccccn1)CC2. The standard InChI is InChI=1S/C16H20N4O/c1-2-5-15-18-14-7-9-20(11-13(14)16(21)19-15)10-12-6-3-4-8-17-12/h3-4,6,8H,2,5,7,9-11H2,1H3,(H,18,19,21). The summed E-state index contributed by atoms with van der Waals surface area (Å²) in [7, 11) is 0. The summed E-state index contributed by atoms with van der Waals surface area (Å²) < 4.78 is 0. The van der Waals surface area contributed by atoms with E-state index >= 15 is 0 Å². The van der Waals surface area contributed by atoms with Gasteiger partial charge in [0.25, 0.3) is 5.56 Å². The Morgan fingerprint density at radius 2 is 2.29 bits per heavy atom. The minimum absolute atomic E-state index is 0.0224. The molecule has 0 saturated heterocycles. The Bertz CT molecular complexity index is 666. The van der Waals surface area contributed by atoms with Crippen LogP contribution in [0.15, 0.2) is 29.2 Å². The molecule has 0 fully saturated rings. The minimum atomic E-state index is 0.0224. The smallest absolute Gasteiger partial charge is 0.255 e. The predicted molar refractivity (Wildman–Crippen MR) is 80.9 cm³/mol. The number of nitrogens with one attached hydrogen (secondary N) is 1. The van der Waals surface area contributed by atoms with E-state index < -0.39 is 0 Å². The Kier molecular flexibility index (Phi) is 4.10. The van der Waals surface area contributed by atoms with E-state index in [-0.39, 0.29) is 5.56 Å². The van der Waals surface area contributed by atoms with Gasteiger partial charge < -0.3 is 4.98 Å². The molecule has 21 heavy (non-hydrogen) atoms. The molecular formula is C16H20N4O. The molecule has 3 rings (SSSR count). The number of H-pyrrole nitrogens is 1. The number of hydrogen-bond acceptors (Lipinski definition) is 4. The van der Waals surface area contributed by atoms with Gasteiger partial charge in [0.2, 0.25) is 0 Å². The molecule has 0 aliphatic carbocycles. The van der Waals surface area contributed by atoms with Crippen molar-refractivity contribution in [1.82, 2.24) is 19.9 Å².